The summed E-state index contributed by atoms with van der Waals surface area (Å²) in [5, 5.41) is 9.14. The van der Waals surface area contributed by atoms with Crippen LogP contribution in [0.5, 0.6) is 0 Å². The van der Waals surface area contributed by atoms with Crippen molar-refractivity contribution in [1.82, 2.24) is 19.1 Å². The molecule has 2 aromatic carbocycles. The van der Waals surface area contributed by atoms with Gasteiger partial charge in [-0.15, -0.1) is 10.2 Å². The normalized spacial score (nSPS) is 11.8. The summed E-state index contributed by atoms with van der Waals surface area (Å²) < 4.78 is 28.1. The zero-order valence-electron chi connectivity index (χ0n) is 16.7. The lowest BCUT2D eigenvalue weighted by molar-refractivity contribution is -0.114. The van der Waals surface area contributed by atoms with Crippen LogP contribution in [0, 0.1) is 6.92 Å². The number of hydrogen-bond acceptors (Lipinski definition) is 6. The van der Waals surface area contributed by atoms with Gasteiger partial charge < -0.3 is 0 Å². The van der Waals surface area contributed by atoms with Crippen molar-refractivity contribution in [2.45, 2.75) is 23.9 Å². The van der Waals surface area contributed by atoms with Gasteiger partial charge in [0.2, 0.25) is 10.0 Å². The molecule has 1 heterocycles. The molecule has 7 nitrogen and oxygen atoms in total. The van der Waals surface area contributed by atoms with E-state index in [1.165, 1.54) is 37.1 Å². The Morgan fingerprint density at radius 2 is 1.83 bits per heavy atom. The lowest BCUT2D eigenvalue weighted by Gasteiger charge is -2.13. The maximum absolute atomic E-state index is 12.5. The summed E-state index contributed by atoms with van der Waals surface area (Å²) in [6, 6.07) is 14.5. The third-order valence-corrected chi connectivity index (χ3v) is 7.05. The molecule has 152 valence electrons. The van der Waals surface area contributed by atoms with Crippen molar-refractivity contribution < 1.29 is 13.2 Å². The van der Waals surface area contributed by atoms with Crippen LogP contribution in [0.3, 0.4) is 0 Å². The molecule has 0 unspecified atom stereocenters. The minimum atomic E-state index is -3.58. The van der Waals surface area contributed by atoms with Crippen LogP contribution in [0.15, 0.2) is 58.6 Å². The molecule has 0 amide bonds. The summed E-state index contributed by atoms with van der Waals surface area (Å²) in [6.45, 7) is 3.51. The van der Waals surface area contributed by atoms with E-state index < -0.39 is 10.0 Å². The van der Waals surface area contributed by atoms with Crippen LogP contribution in [0.25, 0.3) is 17.1 Å². The van der Waals surface area contributed by atoms with Crippen molar-refractivity contribution in [2.24, 2.45) is 0 Å². The molecule has 0 N–H and O–H groups in total. The predicted octanol–water partition coefficient (Wildman–Crippen LogP) is 3.17. The topological polar surface area (TPSA) is 85.2 Å². The third kappa shape index (κ3) is 4.58. The Morgan fingerprint density at radius 1 is 1.10 bits per heavy atom. The number of aromatic nitrogens is 3. The fourth-order valence-corrected chi connectivity index (χ4v) is 4.42. The van der Waals surface area contributed by atoms with Gasteiger partial charge in [0, 0.05) is 25.3 Å². The average molecular weight is 431 g/mol. The lowest BCUT2D eigenvalue weighted by atomic mass is 10.2. The van der Waals surface area contributed by atoms with E-state index >= 15 is 0 Å². The second kappa shape index (κ2) is 8.48. The fraction of sp³-hybridized carbons (Fsp3) is 0.250. The number of aryl methyl sites for hydroxylation is 1. The lowest BCUT2D eigenvalue weighted by Crippen LogP contribution is -2.22. The summed E-state index contributed by atoms with van der Waals surface area (Å²) in [7, 11) is -0.593. The van der Waals surface area contributed by atoms with Gasteiger partial charge in [-0.2, -0.15) is 0 Å². The molecule has 0 aliphatic heterocycles. The van der Waals surface area contributed by atoms with Gasteiger partial charge in [-0.1, -0.05) is 36.0 Å². The highest BCUT2D eigenvalue weighted by molar-refractivity contribution is 7.99. The molecule has 0 radical (unpaired) electrons. The number of rotatable bonds is 7. The molecule has 0 bridgehead atoms. The van der Waals surface area contributed by atoms with Crippen LogP contribution >= 0.6 is 11.8 Å². The van der Waals surface area contributed by atoms with Crippen molar-refractivity contribution in [1.29, 1.82) is 0 Å². The number of benzene rings is 2. The van der Waals surface area contributed by atoms with Crippen LogP contribution in [0.1, 0.15) is 12.5 Å². The van der Waals surface area contributed by atoms with Gasteiger partial charge in [0.1, 0.15) is 5.78 Å². The Kier molecular flexibility index (Phi) is 6.21. The number of thioether (sulfide) groups is 1. The van der Waals surface area contributed by atoms with Gasteiger partial charge in [-0.05, 0) is 43.7 Å². The van der Waals surface area contributed by atoms with Gasteiger partial charge in [-0.3, -0.25) is 9.36 Å². The number of Topliss-reactive ketones (excluding diaryl/α,β-unsaturated/α-hetero) is 1. The molecule has 3 rings (SSSR count). The minimum Gasteiger partial charge on any atom is -0.299 e. The first-order chi connectivity index (χ1) is 13.7. The number of carbonyl (C=O) groups excluding carboxylic acids is 1. The molecule has 0 saturated carbocycles. The van der Waals surface area contributed by atoms with Gasteiger partial charge in [-0.25, -0.2) is 12.7 Å². The van der Waals surface area contributed by atoms with E-state index in [9.17, 15) is 13.2 Å². The van der Waals surface area contributed by atoms with Crippen LogP contribution in [0.4, 0.5) is 0 Å². The van der Waals surface area contributed by atoms with Crippen LogP contribution in [-0.4, -0.2) is 53.1 Å². The zero-order valence-corrected chi connectivity index (χ0v) is 18.3. The summed E-state index contributed by atoms with van der Waals surface area (Å²) in [4.78, 5) is 11.6. The van der Waals surface area contributed by atoms with Crippen molar-refractivity contribution in [3.05, 3.63) is 54.1 Å². The molecule has 0 spiro atoms. The Morgan fingerprint density at radius 3 is 2.48 bits per heavy atom. The highest BCUT2D eigenvalue weighted by Gasteiger charge is 2.21. The van der Waals surface area contributed by atoms with Crippen LogP contribution in [0.2, 0.25) is 0 Å². The number of sulfonamides is 1. The van der Waals surface area contributed by atoms with Crippen molar-refractivity contribution in [3.8, 4) is 17.1 Å². The Bertz CT molecular complexity index is 1150. The largest absolute Gasteiger partial charge is 0.299 e. The van der Waals surface area contributed by atoms with Crippen molar-refractivity contribution in [2.75, 3.05) is 19.8 Å². The van der Waals surface area contributed by atoms with E-state index in [4.69, 9.17) is 0 Å². The highest BCUT2D eigenvalue weighted by atomic mass is 32.2. The average Bonchev–Trinajstić information content (AvgIpc) is 3.10. The molecule has 3 aromatic rings. The fourth-order valence-electron chi connectivity index (χ4n) is 2.72. The quantitative estimate of drug-likeness (QED) is 0.535. The Labute approximate surface area is 174 Å². The van der Waals surface area contributed by atoms with Gasteiger partial charge >= 0.3 is 0 Å². The first-order valence-corrected chi connectivity index (χ1v) is 11.3. The van der Waals surface area contributed by atoms with Crippen molar-refractivity contribution >= 4 is 27.6 Å². The van der Waals surface area contributed by atoms with E-state index in [1.54, 1.807) is 24.3 Å². The van der Waals surface area contributed by atoms with Gasteiger partial charge in [0.15, 0.2) is 11.0 Å². The van der Waals surface area contributed by atoms with Crippen LogP contribution < -0.4 is 0 Å². The molecule has 29 heavy (non-hydrogen) atoms. The maximum Gasteiger partial charge on any atom is 0.242 e. The second-order valence-corrected chi connectivity index (χ2v) is 9.88. The Hall–Kier alpha value is -2.49. The summed E-state index contributed by atoms with van der Waals surface area (Å²) in [5.74, 6) is 0.825. The predicted molar refractivity (Wildman–Crippen MR) is 114 cm³/mol. The number of carbonyl (C=O) groups is 1. The number of hydrogen-bond donors (Lipinski definition) is 0. The maximum atomic E-state index is 12.5. The SMILES string of the molecule is CC(=O)CSc1nnc(-c2cccc(S(=O)(=O)N(C)C)c2)n1-c1cccc(C)c1. The van der Waals surface area contributed by atoms with Gasteiger partial charge in [0.25, 0.3) is 0 Å². The molecular formula is C20H22N4O3S2. The molecule has 9 heteroatoms. The monoisotopic (exact) mass is 430 g/mol. The highest BCUT2D eigenvalue weighted by Crippen LogP contribution is 2.29. The summed E-state index contributed by atoms with van der Waals surface area (Å²) >= 11 is 1.30. The second-order valence-electron chi connectivity index (χ2n) is 6.79. The van der Waals surface area contributed by atoms with E-state index in [2.05, 4.69) is 10.2 Å². The molecule has 0 aliphatic carbocycles. The van der Waals surface area contributed by atoms with E-state index in [0.717, 1.165) is 11.3 Å². The molecule has 0 saturated heterocycles. The van der Waals surface area contributed by atoms with Gasteiger partial charge in [0.05, 0.1) is 10.6 Å². The molecule has 1 aromatic heterocycles. The first kappa shape index (κ1) is 21.2. The Balaban J connectivity index is 2.17. The molecular weight excluding hydrogens is 408 g/mol. The van der Waals surface area contributed by atoms with Crippen LogP contribution in [-0.2, 0) is 14.8 Å². The van der Waals surface area contributed by atoms with E-state index in [1.807, 2.05) is 35.8 Å². The summed E-state index contributed by atoms with van der Waals surface area (Å²) in [5.41, 5.74) is 2.53. The standard InChI is InChI=1S/C20H22N4O3S2/c1-14-7-5-9-17(11-14)24-19(21-22-20(24)28-13-15(2)25)16-8-6-10-18(12-16)29(26,27)23(3)4/h5-12H,13H2,1-4H3. The smallest absolute Gasteiger partial charge is 0.242 e. The van der Waals surface area contributed by atoms with E-state index in [-0.39, 0.29) is 16.4 Å². The number of nitrogens with zero attached hydrogens (tertiary/aromatic N) is 4. The third-order valence-electron chi connectivity index (χ3n) is 4.17. The molecule has 0 atom stereocenters. The number of ketones is 1. The first-order valence-electron chi connectivity index (χ1n) is 8.88. The zero-order chi connectivity index (χ0) is 21.2. The summed E-state index contributed by atoms with van der Waals surface area (Å²) in [6.07, 6.45) is 0. The molecule has 0 aliphatic rings. The van der Waals surface area contributed by atoms with E-state index in [0.29, 0.717) is 16.5 Å². The molecule has 0 fully saturated rings. The van der Waals surface area contributed by atoms with Crippen molar-refractivity contribution in [3.63, 3.8) is 0 Å². The minimum absolute atomic E-state index is 0.0365.